The highest BCUT2D eigenvalue weighted by Crippen LogP contribution is 2.37. The molecule has 0 atom stereocenters. The Morgan fingerprint density at radius 2 is 1.87 bits per heavy atom. The van der Waals surface area contributed by atoms with Gasteiger partial charge in [0.05, 0.1) is 5.39 Å². The average molecular weight is 439 g/mol. The molecule has 0 radical (unpaired) electrons. The number of H-pyrrole nitrogens is 1. The normalized spacial score (nSPS) is 11.9. The minimum absolute atomic E-state index is 0.0805. The molecular formula is C24H23FN2OS2. The summed E-state index contributed by atoms with van der Waals surface area (Å²) in [6, 6.07) is 14.9. The van der Waals surface area contributed by atoms with Gasteiger partial charge in [-0.25, -0.2) is 9.37 Å². The second-order valence-corrected chi connectivity index (χ2v) is 10.5. The number of hydrogen-bond donors (Lipinski definition) is 1. The molecule has 0 aliphatic rings. The van der Waals surface area contributed by atoms with Crippen LogP contribution >= 0.6 is 23.1 Å². The predicted molar refractivity (Wildman–Crippen MR) is 125 cm³/mol. The van der Waals surface area contributed by atoms with Crippen molar-refractivity contribution in [3.8, 4) is 11.1 Å². The van der Waals surface area contributed by atoms with E-state index in [9.17, 15) is 9.18 Å². The van der Waals surface area contributed by atoms with E-state index in [0.717, 1.165) is 26.4 Å². The molecule has 0 saturated carbocycles. The summed E-state index contributed by atoms with van der Waals surface area (Å²) in [5.41, 5.74) is 4.03. The van der Waals surface area contributed by atoms with Crippen molar-refractivity contribution < 1.29 is 4.39 Å². The van der Waals surface area contributed by atoms with Gasteiger partial charge in [0, 0.05) is 16.2 Å². The van der Waals surface area contributed by atoms with Crippen molar-refractivity contribution in [1.29, 1.82) is 0 Å². The van der Waals surface area contributed by atoms with Crippen LogP contribution in [0, 0.1) is 12.7 Å². The molecule has 2 heterocycles. The fourth-order valence-corrected chi connectivity index (χ4v) is 5.34. The maximum atomic E-state index is 13.4. The highest BCUT2D eigenvalue weighted by atomic mass is 32.2. The Morgan fingerprint density at radius 3 is 2.53 bits per heavy atom. The van der Waals surface area contributed by atoms with E-state index in [4.69, 9.17) is 0 Å². The van der Waals surface area contributed by atoms with Gasteiger partial charge in [-0.05, 0) is 41.2 Å². The van der Waals surface area contributed by atoms with Gasteiger partial charge in [0.2, 0.25) is 0 Å². The minimum atomic E-state index is -0.263. The second-order valence-electron chi connectivity index (χ2n) is 8.33. The molecule has 30 heavy (non-hydrogen) atoms. The molecule has 154 valence electrons. The molecule has 2 aromatic heterocycles. The fourth-order valence-electron chi connectivity index (χ4n) is 3.43. The van der Waals surface area contributed by atoms with Crippen molar-refractivity contribution in [1.82, 2.24) is 9.97 Å². The van der Waals surface area contributed by atoms with Crippen LogP contribution in [0.1, 0.15) is 36.8 Å². The first kappa shape index (κ1) is 20.8. The number of halogens is 1. The number of aryl methyl sites for hydroxylation is 1. The summed E-state index contributed by atoms with van der Waals surface area (Å²) in [5, 5.41) is 1.18. The molecule has 4 rings (SSSR count). The molecule has 0 spiro atoms. The van der Waals surface area contributed by atoms with E-state index in [-0.39, 0.29) is 16.8 Å². The average Bonchev–Trinajstić information content (AvgIpc) is 3.02. The van der Waals surface area contributed by atoms with Gasteiger partial charge in [-0.15, -0.1) is 11.3 Å². The van der Waals surface area contributed by atoms with Crippen LogP contribution in [0.3, 0.4) is 0 Å². The van der Waals surface area contributed by atoms with Gasteiger partial charge in [-0.1, -0.05) is 68.9 Å². The number of nitrogens with zero attached hydrogens (tertiary/aromatic N) is 1. The lowest BCUT2D eigenvalue weighted by atomic mass is 9.86. The molecule has 0 aliphatic carbocycles. The third kappa shape index (κ3) is 4.20. The third-order valence-corrected chi connectivity index (χ3v) is 6.96. The maximum absolute atomic E-state index is 13.4. The van der Waals surface area contributed by atoms with Crippen molar-refractivity contribution in [2.45, 2.75) is 44.0 Å². The predicted octanol–water partition coefficient (Wildman–Crippen LogP) is 6.69. The van der Waals surface area contributed by atoms with Crippen LogP contribution in [0.2, 0.25) is 0 Å². The van der Waals surface area contributed by atoms with Gasteiger partial charge >= 0.3 is 0 Å². The SMILES string of the molecule is Cc1sc2nc(SCc3cccc(F)c3)[nH]c(=O)c2c1-c1ccc(C(C)(C)C)cc1. The van der Waals surface area contributed by atoms with E-state index in [1.807, 2.05) is 13.0 Å². The number of benzene rings is 2. The second kappa shape index (κ2) is 8.00. The number of nitrogens with one attached hydrogen (secondary N) is 1. The lowest BCUT2D eigenvalue weighted by Crippen LogP contribution is -2.10. The van der Waals surface area contributed by atoms with Crippen molar-refractivity contribution >= 4 is 33.3 Å². The molecule has 6 heteroatoms. The summed E-state index contributed by atoms with van der Waals surface area (Å²) in [7, 11) is 0. The number of hydrogen-bond acceptors (Lipinski definition) is 4. The van der Waals surface area contributed by atoms with Crippen LogP contribution in [0.15, 0.2) is 58.5 Å². The Bertz CT molecular complexity index is 1270. The largest absolute Gasteiger partial charge is 0.301 e. The number of fused-ring (bicyclic) bond motifs is 1. The molecule has 0 amide bonds. The molecular weight excluding hydrogens is 415 g/mol. The molecule has 1 N–H and O–H groups in total. The summed E-state index contributed by atoms with van der Waals surface area (Å²) in [5.74, 6) is 0.276. The van der Waals surface area contributed by atoms with Gasteiger partial charge in [-0.3, -0.25) is 4.79 Å². The molecule has 2 aromatic carbocycles. The van der Waals surface area contributed by atoms with E-state index in [0.29, 0.717) is 16.3 Å². The molecule has 4 aromatic rings. The lowest BCUT2D eigenvalue weighted by molar-refractivity contribution is 0.590. The maximum Gasteiger partial charge on any atom is 0.260 e. The Morgan fingerprint density at radius 1 is 1.13 bits per heavy atom. The molecule has 0 saturated heterocycles. The summed E-state index contributed by atoms with van der Waals surface area (Å²) in [6.45, 7) is 8.58. The molecule has 0 bridgehead atoms. The third-order valence-electron chi connectivity index (χ3n) is 5.02. The van der Waals surface area contributed by atoms with Crippen molar-refractivity contribution in [2.75, 3.05) is 0 Å². The molecule has 0 fully saturated rings. The van der Waals surface area contributed by atoms with Gasteiger partial charge in [0.1, 0.15) is 10.6 Å². The van der Waals surface area contributed by atoms with Gasteiger partial charge in [0.25, 0.3) is 5.56 Å². The smallest absolute Gasteiger partial charge is 0.260 e. The first-order valence-electron chi connectivity index (χ1n) is 9.74. The van der Waals surface area contributed by atoms with Crippen molar-refractivity contribution in [2.24, 2.45) is 0 Å². The van der Waals surface area contributed by atoms with E-state index >= 15 is 0 Å². The quantitative estimate of drug-likeness (QED) is 0.285. The van der Waals surface area contributed by atoms with E-state index in [2.05, 4.69) is 55.0 Å². The van der Waals surface area contributed by atoms with E-state index in [1.165, 1.54) is 40.8 Å². The van der Waals surface area contributed by atoms with Crippen LogP contribution in [0.5, 0.6) is 0 Å². The Hall–Kier alpha value is -2.44. The van der Waals surface area contributed by atoms with Crippen LogP contribution < -0.4 is 5.56 Å². The zero-order valence-electron chi connectivity index (χ0n) is 17.4. The first-order valence-corrected chi connectivity index (χ1v) is 11.5. The number of aromatic nitrogens is 2. The van der Waals surface area contributed by atoms with Crippen LogP contribution in [0.25, 0.3) is 21.3 Å². The fraction of sp³-hybridized carbons (Fsp3) is 0.250. The van der Waals surface area contributed by atoms with Crippen molar-refractivity contribution in [3.05, 3.63) is 80.7 Å². The highest BCUT2D eigenvalue weighted by molar-refractivity contribution is 7.98. The summed E-state index contributed by atoms with van der Waals surface area (Å²) in [6.07, 6.45) is 0. The Labute approximate surface area is 183 Å². The van der Waals surface area contributed by atoms with Crippen LogP contribution in [-0.2, 0) is 11.2 Å². The van der Waals surface area contributed by atoms with Gasteiger partial charge < -0.3 is 4.98 Å². The number of thioether (sulfide) groups is 1. The highest BCUT2D eigenvalue weighted by Gasteiger charge is 2.18. The van der Waals surface area contributed by atoms with Crippen LogP contribution in [0.4, 0.5) is 4.39 Å². The molecule has 3 nitrogen and oxygen atoms in total. The zero-order valence-corrected chi connectivity index (χ0v) is 19.0. The minimum Gasteiger partial charge on any atom is -0.301 e. The van der Waals surface area contributed by atoms with Crippen LogP contribution in [-0.4, -0.2) is 9.97 Å². The Kier molecular flexibility index (Phi) is 5.55. The van der Waals surface area contributed by atoms with E-state index < -0.39 is 0 Å². The van der Waals surface area contributed by atoms with Gasteiger partial charge in [-0.2, -0.15) is 0 Å². The Balaban J connectivity index is 1.68. The number of rotatable bonds is 4. The lowest BCUT2D eigenvalue weighted by Gasteiger charge is -2.19. The standard InChI is InChI=1S/C24H23FN2OS2/c1-14-19(16-8-10-17(11-9-16)24(2,3)4)20-21(28)26-23(27-22(20)30-14)29-13-15-6-5-7-18(25)12-15/h5-12H,13H2,1-4H3,(H,26,27,28). The zero-order chi connectivity index (χ0) is 21.5. The number of thiophene rings is 1. The topological polar surface area (TPSA) is 45.8 Å². The summed E-state index contributed by atoms with van der Waals surface area (Å²) >= 11 is 2.93. The van der Waals surface area contributed by atoms with E-state index in [1.54, 1.807) is 6.07 Å². The number of aromatic amines is 1. The summed E-state index contributed by atoms with van der Waals surface area (Å²) < 4.78 is 13.4. The van der Waals surface area contributed by atoms with Gasteiger partial charge in [0.15, 0.2) is 5.16 Å². The van der Waals surface area contributed by atoms with Crippen molar-refractivity contribution in [3.63, 3.8) is 0 Å². The monoisotopic (exact) mass is 438 g/mol. The molecule has 0 aliphatic heterocycles. The first-order chi connectivity index (χ1) is 14.2. The molecule has 0 unspecified atom stereocenters. The summed E-state index contributed by atoms with van der Waals surface area (Å²) in [4.78, 5) is 22.3.